The Kier molecular flexibility index (Phi) is 7.42. The van der Waals surface area contributed by atoms with Gasteiger partial charge in [-0.1, -0.05) is 29.8 Å². The molecule has 0 saturated heterocycles. The molecule has 1 N–H and O–H groups in total. The molecule has 0 radical (unpaired) electrons. The lowest BCUT2D eigenvalue weighted by Gasteiger charge is -2.24. The van der Waals surface area contributed by atoms with Crippen LogP contribution in [0.25, 0.3) is 0 Å². The summed E-state index contributed by atoms with van der Waals surface area (Å²) in [7, 11) is -2.75. The number of amides is 1. The van der Waals surface area contributed by atoms with E-state index in [0.29, 0.717) is 17.4 Å². The molecule has 0 atom stereocenters. The molecule has 0 aliphatic carbocycles. The average molecular weight is 513 g/mol. The summed E-state index contributed by atoms with van der Waals surface area (Å²) in [6, 6.07) is 15.0. The highest BCUT2D eigenvalue weighted by molar-refractivity contribution is 7.92. The minimum Gasteiger partial charge on any atom is -0.496 e. The predicted octanol–water partition coefficient (Wildman–Crippen LogP) is 5.51. The van der Waals surface area contributed by atoms with E-state index in [9.17, 15) is 26.4 Å². The Balaban J connectivity index is 1.94. The zero-order chi connectivity index (χ0) is 25.1. The first-order chi connectivity index (χ1) is 15.9. The summed E-state index contributed by atoms with van der Waals surface area (Å²) in [5.41, 5.74) is -0.513. The Morgan fingerprint density at radius 1 is 1.06 bits per heavy atom. The van der Waals surface area contributed by atoms with Crippen LogP contribution in [0.1, 0.15) is 11.1 Å². The number of methoxy groups -OCH3 is 1. The highest BCUT2D eigenvalue weighted by Crippen LogP contribution is 2.36. The summed E-state index contributed by atoms with van der Waals surface area (Å²) in [6.45, 7) is 0.998. The number of benzene rings is 3. The van der Waals surface area contributed by atoms with Crippen molar-refractivity contribution in [1.82, 2.24) is 0 Å². The molecule has 11 heteroatoms. The molecule has 0 heterocycles. The van der Waals surface area contributed by atoms with Crippen LogP contribution < -0.4 is 14.4 Å². The Morgan fingerprint density at radius 2 is 1.74 bits per heavy atom. The lowest BCUT2D eigenvalue weighted by molar-refractivity contribution is -0.137. The van der Waals surface area contributed by atoms with Crippen LogP contribution in [0.15, 0.2) is 71.6 Å². The second-order valence-corrected chi connectivity index (χ2v) is 9.49. The number of rotatable bonds is 7. The summed E-state index contributed by atoms with van der Waals surface area (Å²) in [6.07, 6.45) is -4.72. The summed E-state index contributed by atoms with van der Waals surface area (Å²) in [5.74, 6) is -0.348. The van der Waals surface area contributed by atoms with Crippen molar-refractivity contribution in [3.63, 3.8) is 0 Å². The lowest BCUT2D eigenvalue weighted by atomic mass is 10.2. The third-order valence-electron chi connectivity index (χ3n) is 4.84. The van der Waals surface area contributed by atoms with Gasteiger partial charge in [0.15, 0.2) is 0 Å². The molecule has 1 amide bonds. The van der Waals surface area contributed by atoms with E-state index in [2.05, 4.69) is 5.32 Å². The fourth-order valence-corrected chi connectivity index (χ4v) is 4.93. The second kappa shape index (κ2) is 9.94. The molecule has 3 rings (SSSR count). The number of aryl methyl sites for hydroxylation is 1. The number of alkyl halides is 3. The van der Waals surface area contributed by atoms with E-state index < -0.39 is 39.2 Å². The highest BCUT2D eigenvalue weighted by Gasteiger charge is 2.34. The van der Waals surface area contributed by atoms with Crippen LogP contribution in [0.2, 0.25) is 5.02 Å². The molecule has 0 unspecified atom stereocenters. The van der Waals surface area contributed by atoms with Crippen LogP contribution in [-0.4, -0.2) is 28.0 Å². The third-order valence-corrected chi connectivity index (χ3v) is 6.94. The van der Waals surface area contributed by atoms with E-state index in [1.54, 1.807) is 25.1 Å². The van der Waals surface area contributed by atoms with Gasteiger partial charge in [-0.15, -0.1) is 0 Å². The minimum atomic E-state index is -4.72. The number of para-hydroxylation sites is 1. The van der Waals surface area contributed by atoms with Crippen molar-refractivity contribution in [1.29, 1.82) is 0 Å². The summed E-state index contributed by atoms with van der Waals surface area (Å²) in [5, 5.41) is 1.79. The van der Waals surface area contributed by atoms with Crippen LogP contribution in [0, 0.1) is 6.92 Å². The van der Waals surface area contributed by atoms with E-state index in [1.165, 1.54) is 43.5 Å². The van der Waals surface area contributed by atoms with E-state index in [-0.39, 0.29) is 16.3 Å². The largest absolute Gasteiger partial charge is 0.496 e. The molecular weight excluding hydrogens is 493 g/mol. The van der Waals surface area contributed by atoms with Gasteiger partial charge in [-0.05, 0) is 61.0 Å². The topological polar surface area (TPSA) is 75.7 Å². The fourth-order valence-electron chi connectivity index (χ4n) is 3.20. The van der Waals surface area contributed by atoms with Crippen LogP contribution in [0.4, 0.5) is 24.5 Å². The van der Waals surface area contributed by atoms with Crippen molar-refractivity contribution < 1.29 is 31.1 Å². The monoisotopic (exact) mass is 512 g/mol. The van der Waals surface area contributed by atoms with Gasteiger partial charge in [0, 0.05) is 5.69 Å². The molecule has 0 bridgehead atoms. The number of nitrogens with zero attached hydrogens (tertiary/aromatic N) is 1. The number of sulfonamides is 1. The molecule has 0 fully saturated rings. The maximum atomic E-state index is 13.4. The van der Waals surface area contributed by atoms with Gasteiger partial charge >= 0.3 is 6.18 Å². The SMILES string of the molecule is COc1ccc(S(=O)(=O)N(CC(=O)Nc2ccc(Cl)c(C(F)(F)F)c2)c2ccccc2)cc1C. The van der Waals surface area contributed by atoms with E-state index in [1.807, 2.05) is 0 Å². The second-order valence-electron chi connectivity index (χ2n) is 7.22. The zero-order valence-electron chi connectivity index (χ0n) is 18.1. The van der Waals surface area contributed by atoms with Gasteiger partial charge in [0.2, 0.25) is 5.91 Å². The van der Waals surface area contributed by atoms with Crippen molar-refractivity contribution in [3.05, 3.63) is 82.9 Å². The molecule has 0 aliphatic rings. The molecule has 0 aromatic heterocycles. The number of halogens is 4. The highest BCUT2D eigenvalue weighted by atomic mass is 35.5. The first-order valence-corrected chi connectivity index (χ1v) is 11.6. The Hall–Kier alpha value is -3.24. The fraction of sp³-hybridized carbons (Fsp3) is 0.174. The molecule has 0 saturated carbocycles. The first kappa shape index (κ1) is 25.4. The van der Waals surface area contributed by atoms with Crippen molar-refractivity contribution in [3.8, 4) is 5.75 Å². The Bertz CT molecular complexity index is 1300. The molecule has 0 spiro atoms. The van der Waals surface area contributed by atoms with Crippen LogP contribution in [0.5, 0.6) is 5.75 Å². The van der Waals surface area contributed by atoms with Gasteiger partial charge < -0.3 is 10.1 Å². The number of hydrogen-bond acceptors (Lipinski definition) is 4. The molecule has 6 nitrogen and oxygen atoms in total. The smallest absolute Gasteiger partial charge is 0.417 e. The van der Waals surface area contributed by atoms with Crippen molar-refractivity contribution in [2.24, 2.45) is 0 Å². The molecule has 3 aromatic rings. The van der Waals surface area contributed by atoms with Gasteiger partial charge in [-0.3, -0.25) is 9.10 Å². The summed E-state index contributed by atoms with van der Waals surface area (Å²) < 4.78 is 72.3. The quantitative estimate of drug-likeness (QED) is 0.453. The predicted molar refractivity (Wildman–Crippen MR) is 124 cm³/mol. The van der Waals surface area contributed by atoms with E-state index >= 15 is 0 Å². The van der Waals surface area contributed by atoms with E-state index in [0.717, 1.165) is 10.4 Å². The Morgan fingerprint density at radius 3 is 2.32 bits per heavy atom. The summed E-state index contributed by atoms with van der Waals surface area (Å²) in [4.78, 5) is 12.7. The molecule has 3 aromatic carbocycles. The number of carbonyl (C=O) groups excluding carboxylic acids is 1. The number of ether oxygens (including phenoxy) is 1. The van der Waals surface area contributed by atoms with Gasteiger partial charge in [0.1, 0.15) is 12.3 Å². The minimum absolute atomic E-state index is 0.0756. The van der Waals surface area contributed by atoms with Crippen molar-refractivity contribution in [2.75, 3.05) is 23.3 Å². The number of anilines is 2. The molecular formula is C23H20ClF3N2O4S. The molecule has 0 aliphatic heterocycles. The van der Waals surface area contributed by atoms with Crippen LogP contribution >= 0.6 is 11.6 Å². The lowest BCUT2D eigenvalue weighted by Crippen LogP contribution is -2.38. The van der Waals surface area contributed by atoms with Crippen molar-refractivity contribution >= 4 is 38.9 Å². The first-order valence-electron chi connectivity index (χ1n) is 9.82. The summed E-state index contributed by atoms with van der Waals surface area (Å²) >= 11 is 5.61. The Labute approximate surface area is 200 Å². The average Bonchev–Trinajstić information content (AvgIpc) is 2.78. The standard InChI is InChI=1S/C23H20ClF3N2O4S/c1-15-12-18(9-11-21(15)33-2)34(31,32)29(17-6-4-3-5-7-17)14-22(30)28-16-8-10-20(24)19(13-16)23(25,26)27/h3-13H,14H2,1-2H3,(H,28,30). The van der Waals surface area contributed by atoms with Gasteiger partial charge in [0.25, 0.3) is 10.0 Å². The number of hydrogen-bond donors (Lipinski definition) is 1. The van der Waals surface area contributed by atoms with Gasteiger partial charge in [-0.2, -0.15) is 13.2 Å². The third kappa shape index (κ3) is 5.63. The molecule has 34 heavy (non-hydrogen) atoms. The molecule has 180 valence electrons. The van der Waals surface area contributed by atoms with Gasteiger partial charge in [-0.25, -0.2) is 8.42 Å². The maximum Gasteiger partial charge on any atom is 0.417 e. The normalized spacial score (nSPS) is 11.7. The number of nitrogens with one attached hydrogen (secondary N) is 1. The van der Waals surface area contributed by atoms with Gasteiger partial charge in [0.05, 0.1) is 28.3 Å². The van der Waals surface area contributed by atoms with Crippen molar-refractivity contribution in [2.45, 2.75) is 18.0 Å². The zero-order valence-corrected chi connectivity index (χ0v) is 19.6. The maximum absolute atomic E-state index is 13.4. The van der Waals surface area contributed by atoms with E-state index in [4.69, 9.17) is 16.3 Å². The van der Waals surface area contributed by atoms with Crippen LogP contribution in [-0.2, 0) is 21.0 Å². The number of carbonyl (C=O) groups is 1. The van der Waals surface area contributed by atoms with Crippen LogP contribution in [0.3, 0.4) is 0 Å².